The number of imidazole rings is 1. The summed E-state index contributed by atoms with van der Waals surface area (Å²) in [6.45, 7) is 3.77. The second kappa shape index (κ2) is 33.3. The standard InChI is InChI=1S/C52H79N17O14/c1-27(2)18-32(54)44(75)60-24-41(71)62-28(3)43(74)68-39(25-70)48(79)65-36(19-29-22-59-33-11-5-4-10-31(29)33)45(76)66-37(20-30-23-57-26-61-30)46(77)63-34(13-8-16-58-52(55)56)50(81)69-17-9-14-40(69)49(80)67-38(21-42(72)73)47(78)64-35(51(82)83)12-6-7-15-53/h4-5,10-11,22-23,26-28,32,34-40,59,70H,6-9,12-21,24-25,53-54H2,1-3H3,(H,57,61)(H,60,75)(H,62,71)(H,63,77)(H,64,78)(H,65,79)(H,66,76)(H,67,80)(H,68,74)(H,72,73)(H,82,83)(H4,55,56,58)/t28-,32-,34-,35-,36-,37-,38-,39-,40-/m1/s1. The molecule has 21 N–H and O–H groups in total. The fourth-order valence-corrected chi connectivity index (χ4v) is 9.07. The summed E-state index contributed by atoms with van der Waals surface area (Å²) in [5, 5.41) is 50.2. The number of nitrogens with zero attached hydrogens (tertiary/aromatic N) is 3. The van der Waals surface area contributed by atoms with Crippen molar-refractivity contribution in [3.05, 3.63) is 54.2 Å². The number of fused-ring (bicyclic) bond motifs is 1. The highest BCUT2D eigenvalue weighted by molar-refractivity contribution is 5.99. The molecule has 0 spiro atoms. The molecule has 1 saturated heterocycles. The molecule has 4 rings (SSSR count). The number of rotatable bonds is 35. The maximum absolute atomic E-state index is 14.7. The Morgan fingerprint density at radius 3 is 2.00 bits per heavy atom. The van der Waals surface area contributed by atoms with Gasteiger partial charge in [-0.3, -0.25) is 52.9 Å². The van der Waals surface area contributed by atoms with Crippen LogP contribution in [0.15, 0.2) is 48.0 Å². The molecular weight excluding hydrogens is 1090 g/mol. The number of nitrogens with two attached hydrogens (primary N) is 4. The van der Waals surface area contributed by atoms with Crippen LogP contribution in [0.4, 0.5) is 0 Å². The molecule has 0 aliphatic carbocycles. The van der Waals surface area contributed by atoms with Crippen molar-refractivity contribution in [3.8, 4) is 0 Å². The van der Waals surface area contributed by atoms with E-state index in [9.17, 15) is 68.1 Å². The number of benzene rings is 1. The molecule has 1 aliphatic rings. The predicted octanol–water partition coefficient (Wildman–Crippen LogP) is -4.70. The van der Waals surface area contributed by atoms with E-state index < -0.39 is 139 Å². The zero-order valence-corrected chi connectivity index (χ0v) is 46.6. The molecule has 2 aromatic heterocycles. The molecule has 0 radical (unpaired) electrons. The number of aliphatic carboxylic acids is 2. The van der Waals surface area contributed by atoms with Gasteiger partial charge in [0.05, 0.1) is 31.9 Å². The Balaban J connectivity index is 1.59. The molecule has 1 aromatic carbocycles. The van der Waals surface area contributed by atoms with Gasteiger partial charge in [0.15, 0.2) is 5.96 Å². The lowest BCUT2D eigenvalue weighted by Gasteiger charge is -2.31. The number of aliphatic hydroxyl groups excluding tert-OH is 1. The van der Waals surface area contributed by atoms with Crippen molar-refractivity contribution >= 4 is 82.0 Å². The molecule has 0 saturated carbocycles. The zero-order valence-electron chi connectivity index (χ0n) is 46.6. The number of hydrogen-bond acceptors (Lipinski definition) is 16. The van der Waals surface area contributed by atoms with Crippen molar-refractivity contribution < 1.29 is 68.1 Å². The molecular formula is C52H79N17O14. The summed E-state index contributed by atoms with van der Waals surface area (Å²) < 4.78 is 0. The van der Waals surface area contributed by atoms with Crippen molar-refractivity contribution in [2.24, 2.45) is 33.8 Å². The normalized spacial score (nSPS) is 15.9. The molecule has 0 bridgehead atoms. The van der Waals surface area contributed by atoms with E-state index in [4.69, 9.17) is 22.9 Å². The fourth-order valence-electron chi connectivity index (χ4n) is 9.07. The number of nitrogens with one attached hydrogen (secondary N) is 10. The Morgan fingerprint density at radius 1 is 0.747 bits per heavy atom. The number of H-pyrrole nitrogens is 2. The van der Waals surface area contributed by atoms with Gasteiger partial charge in [-0.05, 0) is 82.4 Å². The van der Waals surface area contributed by atoms with Crippen LogP contribution in [0.2, 0.25) is 0 Å². The number of aromatic nitrogens is 3. The van der Waals surface area contributed by atoms with E-state index in [0.717, 1.165) is 4.90 Å². The number of unbranched alkanes of at least 4 members (excludes halogenated alkanes) is 1. The molecule has 31 nitrogen and oxygen atoms in total. The van der Waals surface area contributed by atoms with Crippen LogP contribution in [-0.2, 0) is 65.6 Å². The molecule has 9 atom stereocenters. The molecule has 1 aliphatic heterocycles. The molecule has 31 heteroatoms. The number of para-hydroxylation sites is 1. The van der Waals surface area contributed by atoms with Crippen LogP contribution in [0.5, 0.6) is 0 Å². The average Bonchev–Trinajstić information content (AvgIpc) is 4.34. The van der Waals surface area contributed by atoms with Crippen molar-refractivity contribution in [2.75, 3.05) is 32.8 Å². The summed E-state index contributed by atoms with van der Waals surface area (Å²) >= 11 is 0. The quantitative estimate of drug-likeness (QED) is 0.0149. The number of carbonyl (C=O) groups excluding carboxylic acids is 9. The fraction of sp³-hybridized carbons (Fsp3) is 0.558. The van der Waals surface area contributed by atoms with Crippen LogP contribution in [0.25, 0.3) is 10.9 Å². The van der Waals surface area contributed by atoms with E-state index in [0.29, 0.717) is 41.4 Å². The minimum Gasteiger partial charge on any atom is -0.481 e. The minimum absolute atomic E-state index is 0.0122. The van der Waals surface area contributed by atoms with Gasteiger partial charge in [-0.1, -0.05) is 32.0 Å². The van der Waals surface area contributed by atoms with Gasteiger partial charge in [-0.2, -0.15) is 0 Å². The summed E-state index contributed by atoms with van der Waals surface area (Å²) in [4.78, 5) is 163. The smallest absolute Gasteiger partial charge is 0.326 e. The topological polar surface area (TPSA) is 509 Å². The Hall–Kier alpha value is -8.71. The minimum atomic E-state index is -1.76. The number of hydrogen-bond donors (Lipinski definition) is 17. The van der Waals surface area contributed by atoms with Gasteiger partial charge in [0.2, 0.25) is 53.2 Å². The first-order chi connectivity index (χ1) is 39.4. The highest BCUT2D eigenvalue weighted by Gasteiger charge is 2.41. The highest BCUT2D eigenvalue weighted by atomic mass is 16.4. The van der Waals surface area contributed by atoms with Gasteiger partial charge in [-0.15, -0.1) is 0 Å². The Labute approximate surface area is 477 Å². The van der Waals surface area contributed by atoms with Crippen molar-refractivity contribution in [1.29, 1.82) is 0 Å². The lowest BCUT2D eigenvalue weighted by Crippen LogP contribution is -2.61. The van der Waals surface area contributed by atoms with E-state index in [1.807, 2.05) is 13.8 Å². The Morgan fingerprint density at radius 2 is 1.37 bits per heavy atom. The predicted molar refractivity (Wildman–Crippen MR) is 298 cm³/mol. The lowest BCUT2D eigenvalue weighted by molar-refractivity contribution is -0.145. The van der Waals surface area contributed by atoms with Crippen LogP contribution in [0, 0.1) is 5.92 Å². The van der Waals surface area contributed by atoms with E-state index in [-0.39, 0.29) is 76.5 Å². The zero-order chi connectivity index (χ0) is 61.3. The number of carboxylic acid groups (broad SMARTS) is 2. The van der Waals surface area contributed by atoms with Gasteiger partial charge >= 0.3 is 11.9 Å². The summed E-state index contributed by atoms with van der Waals surface area (Å²) in [5.74, 6) is -11.0. The van der Waals surface area contributed by atoms with Crippen LogP contribution in [-0.4, -0.2) is 193 Å². The summed E-state index contributed by atoms with van der Waals surface area (Å²) in [7, 11) is 0. The third-order valence-corrected chi connectivity index (χ3v) is 13.4. The number of aliphatic imine (C=N–C) groups is 1. The van der Waals surface area contributed by atoms with Crippen LogP contribution in [0.1, 0.15) is 89.8 Å². The van der Waals surface area contributed by atoms with Crippen molar-refractivity contribution in [3.63, 3.8) is 0 Å². The second-order valence-electron chi connectivity index (χ2n) is 20.5. The molecule has 3 heterocycles. The van der Waals surface area contributed by atoms with Crippen molar-refractivity contribution in [1.82, 2.24) is 62.4 Å². The third-order valence-electron chi connectivity index (χ3n) is 13.4. The van der Waals surface area contributed by atoms with Crippen LogP contribution < -0.4 is 65.5 Å². The van der Waals surface area contributed by atoms with Gasteiger partial charge in [0.25, 0.3) is 0 Å². The molecule has 9 amide bonds. The number of amides is 9. The van der Waals surface area contributed by atoms with Crippen molar-refractivity contribution in [2.45, 2.75) is 146 Å². The number of carboxylic acids is 2. The summed E-state index contributed by atoms with van der Waals surface area (Å²) in [6, 6.07) is -5.79. The monoisotopic (exact) mass is 1170 g/mol. The number of aliphatic hydroxyl groups is 1. The second-order valence-corrected chi connectivity index (χ2v) is 20.5. The Bertz CT molecular complexity index is 2750. The van der Waals surface area contributed by atoms with E-state index in [1.54, 1.807) is 30.5 Å². The molecule has 0 unspecified atom stereocenters. The van der Waals surface area contributed by atoms with E-state index in [2.05, 4.69) is 62.5 Å². The van der Waals surface area contributed by atoms with Crippen LogP contribution in [0.3, 0.4) is 0 Å². The molecule has 1 fully saturated rings. The maximum atomic E-state index is 14.7. The Kier molecular flexibility index (Phi) is 26.8. The SMILES string of the molecule is CC(C)C[C@@H](N)C(=O)NCC(=O)N[C@H](C)C(=O)N[C@H](CO)C(=O)N[C@H](Cc1c[nH]c2ccccc12)C(=O)N[C@H](Cc1cnc[nH]1)C(=O)N[C@H](CCCN=C(N)N)C(=O)N1CCC[C@@H]1C(=O)N[C@H](CC(=O)O)C(=O)N[C@H](CCCCN)C(=O)O. The summed E-state index contributed by atoms with van der Waals surface area (Å²) in [5.41, 5.74) is 24.0. The number of aromatic amines is 2. The molecule has 456 valence electrons. The molecule has 3 aromatic rings. The first kappa shape index (κ1) is 66.8. The van der Waals surface area contributed by atoms with Crippen LogP contribution >= 0.6 is 0 Å². The number of carbonyl (C=O) groups is 11. The third kappa shape index (κ3) is 21.6. The van der Waals surface area contributed by atoms with Gasteiger partial charge in [0.1, 0.15) is 48.3 Å². The average molecular weight is 1170 g/mol. The summed E-state index contributed by atoms with van der Waals surface area (Å²) in [6.07, 6.45) is 4.23. The number of guanidine groups is 1. The lowest BCUT2D eigenvalue weighted by atomic mass is 10.0. The largest absolute Gasteiger partial charge is 0.481 e. The first-order valence-electron chi connectivity index (χ1n) is 27.2. The molecule has 83 heavy (non-hydrogen) atoms. The first-order valence-corrected chi connectivity index (χ1v) is 27.2. The van der Waals surface area contributed by atoms with Gasteiger partial charge < -0.3 is 95.7 Å². The highest BCUT2D eigenvalue weighted by Crippen LogP contribution is 2.22. The maximum Gasteiger partial charge on any atom is 0.326 e. The van der Waals surface area contributed by atoms with E-state index >= 15 is 0 Å². The van der Waals surface area contributed by atoms with Gasteiger partial charge in [-0.25, -0.2) is 9.78 Å². The van der Waals surface area contributed by atoms with E-state index in [1.165, 1.54) is 19.4 Å². The number of likely N-dealkylation sites (tertiary alicyclic amines) is 1. The van der Waals surface area contributed by atoms with Gasteiger partial charge in [0, 0.05) is 54.9 Å².